The first-order valence-corrected chi connectivity index (χ1v) is 12.9. The van der Waals surface area contributed by atoms with E-state index in [0.29, 0.717) is 24.0 Å². The Hall–Kier alpha value is -3.30. The number of pyridine rings is 1. The zero-order valence-corrected chi connectivity index (χ0v) is 19.6. The average Bonchev–Trinajstić information content (AvgIpc) is 2.86. The second-order valence-electron chi connectivity index (χ2n) is 8.28. The van der Waals surface area contributed by atoms with Crippen molar-refractivity contribution in [2.45, 2.75) is 36.6 Å². The van der Waals surface area contributed by atoms with Crippen molar-refractivity contribution in [1.29, 1.82) is 0 Å². The van der Waals surface area contributed by atoms with E-state index in [1.54, 1.807) is 29.2 Å². The van der Waals surface area contributed by atoms with Crippen molar-refractivity contribution >= 4 is 32.7 Å². The highest BCUT2D eigenvalue weighted by Gasteiger charge is 2.29. The molecule has 3 aromatic rings. The van der Waals surface area contributed by atoms with Crippen molar-refractivity contribution < 1.29 is 18.0 Å². The number of carbonyl (C=O) groups is 2. The summed E-state index contributed by atoms with van der Waals surface area (Å²) in [6.07, 6.45) is 4.12. The number of para-hydroxylation sites is 1. The lowest BCUT2D eigenvalue weighted by molar-refractivity contribution is -0.134. The van der Waals surface area contributed by atoms with Crippen molar-refractivity contribution in [3.05, 3.63) is 72.4 Å². The van der Waals surface area contributed by atoms with Crippen LogP contribution in [-0.4, -0.2) is 49.8 Å². The SMILES string of the molecule is O=C1CC(c2ccccc2)N(C(=O)CNS(=O)(=O)c2cccc3cccnc23)CCCCCN1. The Morgan fingerprint density at radius 1 is 1.03 bits per heavy atom. The van der Waals surface area contributed by atoms with Gasteiger partial charge in [0.2, 0.25) is 21.8 Å². The number of carbonyl (C=O) groups excluding carboxylic acids is 2. The summed E-state index contributed by atoms with van der Waals surface area (Å²) >= 11 is 0. The summed E-state index contributed by atoms with van der Waals surface area (Å²) in [7, 11) is -3.98. The fraction of sp³-hybridized carbons (Fsp3) is 0.320. The van der Waals surface area contributed by atoms with Crippen LogP contribution < -0.4 is 10.0 Å². The van der Waals surface area contributed by atoms with Gasteiger partial charge < -0.3 is 10.2 Å². The molecule has 2 aromatic carbocycles. The molecule has 2 N–H and O–H groups in total. The Kier molecular flexibility index (Phi) is 7.54. The van der Waals surface area contributed by atoms with E-state index in [4.69, 9.17) is 0 Å². The Morgan fingerprint density at radius 2 is 1.82 bits per heavy atom. The molecule has 1 atom stereocenters. The number of rotatable bonds is 5. The Labute approximate surface area is 199 Å². The number of nitrogens with one attached hydrogen (secondary N) is 2. The first-order chi connectivity index (χ1) is 16.5. The minimum Gasteiger partial charge on any atom is -0.356 e. The predicted molar refractivity (Wildman–Crippen MR) is 129 cm³/mol. The first kappa shape index (κ1) is 23.8. The van der Waals surface area contributed by atoms with Crippen LogP contribution in [0, 0.1) is 0 Å². The van der Waals surface area contributed by atoms with Gasteiger partial charge in [-0.3, -0.25) is 14.6 Å². The average molecular weight is 481 g/mol. The molecule has 0 aliphatic carbocycles. The number of aromatic nitrogens is 1. The zero-order chi connectivity index (χ0) is 24.0. The van der Waals surface area contributed by atoms with Gasteiger partial charge in [0, 0.05) is 24.7 Å². The molecule has 0 saturated carbocycles. The molecule has 2 heterocycles. The normalized spacial score (nSPS) is 17.8. The van der Waals surface area contributed by atoms with E-state index >= 15 is 0 Å². The first-order valence-electron chi connectivity index (χ1n) is 11.4. The highest BCUT2D eigenvalue weighted by Crippen LogP contribution is 2.26. The molecule has 9 heteroatoms. The molecule has 1 aliphatic rings. The molecule has 4 rings (SSSR count). The van der Waals surface area contributed by atoms with Gasteiger partial charge in [0.1, 0.15) is 4.90 Å². The fourth-order valence-electron chi connectivity index (χ4n) is 4.23. The van der Waals surface area contributed by atoms with Crippen LogP contribution in [-0.2, 0) is 19.6 Å². The van der Waals surface area contributed by atoms with Gasteiger partial charge >= 0.3 is 0 Å². The molecule has 1 fully saturated rings. The molecule has 0 bridgehead atoms. The summed E-state index contributed by atoms with van der Waals surface area (Å²) in [6.45, 7) is 0.660. The lowest BCUT2D eigenvalue weighted by Gasteiger charge is -2.33. The molecule has 0 spiro atoms. The molecule has 0 radical (unpaired) electrons. The molecule has 2 amide bonds. The summed E-state index contributed by atoms with van der Waals surface area (Å²) in [6, 6.07) is 17.3. The molecule has 8 nitrogen and oxygen atoms in total. The number of nitrogens with zero attached hydrogens (tertiary/aromatic N) is 2. The molecule has 178 valence electrons. The van der Waals surface area contributed by atoms with Gasteiger partial charge in [-0.15, -0.1) is 0 Å². The topological polar surface area (TPSA) is 108 Å². The summed E-state index contributed by atoms with van der Waals surface area (Å²) in [5, 5.41) is 3.61. The lowest BCUT2D eigenvalue weighted by atomic mass is 10.00. The van der Waals surface area contributed by atoms with Gasteiger partial charge in [-0.1, -0.05) is 48.5 Å². The lowest BCUT2D eigenvalue weighted by Crippen LogP contribution is -2.44. The van der Waals surface area contributed by atoms with E-state index in [9.17, 15) is 18.0 Å². The summed E-state index contributed by atoms with van der Waals surface area (Å²) in [5.41, 5.74) is 1.19. The van der Waals surface area contributed by atoms with Gasteiger partial charge in [0.05, 0.1) is 24.5 Å². The van der Waals surface area contributed by atoms with Gasteiger partial charge in [0.25, 0.3) is 0 Å². The van der Waals surface area contributed by atoms with Crippen LogP contribution in [0.3, 0.4) is 0 Å². The highest BCUT2D eigenvalue weighted by molar-refractivity contribution is 7.89. The maximum atomic E-state index is 13.3. The number of benzene rings is 2. The van der Waals surface area contributed by atoms with E-state index < -0.39 is 22.6 Å². The molecule has 1 aliphatic heterocycles. The van der Waals surface area contributed by atoms with Crippen molar-refractivity contribution in [2.24, 2.45) is 0 Å². The molecule has 1 unspecified atom stereocenters. The van der Waals surface area contributed by atoms with Crippen LogP contribution in [0.4, 0.5) is 0 Å². The molecular formula is C25H28N4O4S. The molecule has 34 heavy (non-hydrogen) atoms. The maximum absolute atomic E-state index is 13.3. The number of hydrogen-bond donors (Lipinski definition) is 2. The number of sulfonamides is 1. The Balaban J connectivity index is 1.57. The van der Waals surface area contributed by atoms with E-state index in [2.05, 4.69) is 15.0 Å². The summed E-state index contributed by atoms with van der Waals surface area (Å²) < 4.78 is 28.6. The monoisotopic (exact) mass is 480 g/mol. The quantitative estimate of drug-likeness (QED) is 0.584. The van der Waals surface area contributed by atoms with Gasteiger partial charge in [0.15, 0.2) is 0 Å². The van der Waals surface area contributed by atoms with Crippen LogP contribution in [0.1, 0.15) is 37.3 Å². The van der Waals surface area contributed by atoms with Crippen molar-refractivity contribution in [1.82, 2.24) is 19.9 Å². The van der Waals surface area contributed by atoms with Crippen molar-refractivity contribution in [3.63, 3.8) is 0 Å². The van der Waals surface area contributed by atoms with Gasteiger partial charge in [-0.25, -0.2) is 13.1 Å². The summed E-state index contributed by atoms with van der Waals surface area (Å²) in [5.74, 6) is -0.505. The number of hydrogen-bond acceptors (Lipinski definition) is 5. The minimum absolute atomic E-state index is 0.0262. The van der Waals surface area contributed by atoms with Gasteiger partial charge in [-0.2, -0.15) is 0 Å². The second-order valence-corrected chi connectivity index (χ2v) is 10.0. The zero-order valence-electron chi connectivity index (χ0n) is 18.8. The van der Waals surface area contributed by atoms with E-state index in [-0.39, 0.29) is 23.1 Å². The Morgan fingerprint density at radius 3 is 2.65 bits per heavy atom. The van der Waals surface area contributed by atoms with E-state index in [1.807, 2.05) is 30.3 Å². The largest absolute Gasteiger partial charge is 0.356 e. The molecule has 1 saturated heterocycles. The van der Waals surface area contributed by atoms with Crippen molar-refractivity contribution in [3.8, 4) is 0 Å². The minimum atomic E-state index is -3.98. The smallest absolute Gasteiger partial charge is 0.243 e. The second kappa shape index (κ2) is 10.8. The standard InChI is InChI=1S/C25H28N4O4S/c30-23-17-21(19-9-3-1-4-10-19)29(16-6-2-5-14-26-23)24(31)18-28-34(32,33)22-13-7-11-20-12-8-15-27-25(20)22/h1,3-4,7-13,15,21,28H,2,5-6,14,16-18H2,(H,26,30). The third kappa shape index (κ3) is 5.60. The maximum Gasteiger partial charge on any atom is 0.243 e. The predicted octanol–water partition coefficient (Wildman–Crippen LogP) is 2.77. The van der Waals surface area contributed by atoms with E-state index in [0.717, 1.165) is 24.8 Å². The highest BCUT2D eigenvalue weighted by atomic mass is 32.2. The summed E-state index contributed by atoms with van der Waals surface area (Å²) in [4.78, 5) is 31.7. The van der Waals surface area contributed by atoms with Crippen LogP contribution in [0.15, 0.2) is 71.8 Å². The Bertz CT molecular complexity index is 1260. The molecule has 1 aromatic heterocycles. The van der Waals surface area contributed by atoms with Crippen LogP contribution in [0.2, 0.25) is 0 Å². The van der Waals surface area contributed by atoms with Crippen LogP contribution >= 0.6 is 0 Å². The number of amides is 2. The van der Waals surface area contributed by atoms with Crippen LogP contribution in [0.5, 0.6) is 0 Å². The number of fused-ring (bicyclic) bond motifs is 1. The van der Waals surface area contributed by atoms with Gasteiger partial charge in [-0.05, 0) is 37.0 Å². The van der Waals surface area contributed by atoms with Crippen molar-refractivity contribution in [2.75, 3.05) is 19.6 Å². The third-order valence-electron chi connectivity index (χ3n) is 5.96. The van der Waals surface area contributed by atoms with Crippen LogP contribution in [0.25, 0.3) is 10.9 Å². The fourth-order valence-corrected chi connectivity index (χ4v) is 5.38. The van der Waals surface area contributed by atoms with E-state index in [1.165, 1.54) is 12.3 Å². The molecular weight excluding hydrogens is 452 g/mol. The third-order valence-corrected chi connectivity index (χ3v) is 7.39.